The highest BCUT2D eigenvalue weighted by Crippen LogP contribution is 2.30. The lowest BCUT2D eigenvalue weighted by Gasteiger charge is -2.32. The van der Waals surface area contributed by atoms with Crippen molar-refractivity contribution in [2.45, 2.75) is 52.6 Å². The van der Waals surface area contributed by atoms with Gasteiger partial charge in [-0.3, -0.25) is 4.79 Å². The van der Waals surface area contributed by atoms with Crippen molar-refractivity contribution in [3.63, 3.8) is 0 Å². The number of nitrogens with zero attached hydrogens (tertiary/aromatic N) is 4. The number of carbonyl (C=O) groups excluding carboxylic acids is 2. The number of methoxy groups -OCH3 is 1. The number of esters is 1. The highest BCUT2D eigenvalue weighted by molar-refractivity contribution is 5.85. The molecule has 1 amide bonds. The van der Waals surface area contributed by atoms with Crippen LogP contribution in [-0.4, -0.2) is 50.6 Å². The van der Waals surface area contributed by atoms with Crippen LogP contribution < -0.4 is 0 Å². The number of nitrogens with one attached hydrogen (secondary N) is 1. The van der Waals surface area contributed by atoms with Gasteiger partial charge in [0.1, 0.15) is 6.04 Å². The van der Waals surface area contributed by atoms with Crippen LogP contribution in [0.1, 0.15) is 45.6 Å². The maximum atomic E-state index is 13.0. The summed E-state index contributed by atoms with van der Waals surface area (Å²) in [5.74, 6) is 0.0392. The van der Waals surface area contributed by atoms with Crippen molar-refractivity contribution < 1.29 is 14.3 Å². The SMILES string of the molecule is CCCCC(=O)N(Cc1ccc(-c2ccccc2-c2nn[nH]n2)cc1)[C@@H](C(=O)OC)C(C)C. The average molecular weight is 450 g/mol. The van der Waals surface area contributed by atoms with Crippen LogP contribution in [0.5, 0.6) is 0 Å². The van der Waals surface area contributed by atoms with Crippen molar-refractivity contribution in [2.75, 3.05) is 7.11 Å². The monoisotopic (exact) mass is 449 g/mol. The highest BCUT2D eigenvalue weighted by atomic mass is 16.5. The number of hydrogen-bond acceptors (Lipinski definition) is 6. The summed E-state index contributed by atoms with van der Waals surface area (Å²) < 4.78 is 5.02. The lowest BCUT2D eigenvalue weighted by atomic mass is 9.97. The molecule has 0 saturated heterocycles. The minimum Gasteiger partial charge on any atom is -0.467 e. The summed E-state index contributed by atoms with van der Waals surface area (Å²) in [5.41, 5.74) is 3.79. The molecule has 0 radical (unpaired) electrons. The molecule has 0 saturated carbocycles. The summed E-state index contributed by atoms with van der Waals surface area (Å²) in [5, 5.41) is 14.3. The molecular formula is C25H31N5O3. The largest absolute Gasteiger partial charge is 0.467 e. The van der Waals surface area contributed by atoms with E-state index in [1.165, 1.54) is 7.11 Å². The van der Waals surface area contributed by atoms with Crippen LogP contribution in [0.2, 0.25) is 0 Å². The zero-order valence-electron chi connectivity index (χ0n) is 19.6. The number of benzene rings is 2. The van der Waals surface area contributed by atoms with E-state index in [0.29, 0.717) is 18.8 Å². The van der Waals surface area contributed by atoms with Gasteiger partial charge in [-0.1, -0.05) is 75.7 Å². The van der Waals surface area contributed by atoms with E-state index in [2.05, 4.69) is 20.6 Å². The third-order valence-corrected chi connectivity index (χ3v) is 5.61. The first-order chi connectivity index (χ1) is 16.0. The zero-order valence-corrected chi connectivity index (χ0v) is 19.6. The second-order valence-corrected chi connectivity index (χ2v) is 8.32. The molecule has 1 heterocycles. The Kier molecular flexibility index (Phi) is 8.29. The quantitative estimate of drug-likeness (QED) is 0.464. The number of unbranched alkanes of at least 4 members (excludes halogenated alkanes) is 1. The van der Waals surface area contributed by atoms with Crippen molar-refractivity contribution in [2.24, 2.45) is 5.92 Å². The molecule has 174 valence electrons. The molecule has 0 aliphatic rings. The lowest BCUT2D eigenvalue weighted by molar-refractivity contribution is -0.155. The predicted molar refractivity (Wildman–Crippen MR) is 126 cm³/mol. The topological polar surface area (TPSA) is 101 Å². The van der Waals surface area contributed by atoms with E-state index in [1.54, 1.807) is 4.90 Å². The summed E-state index contributed by atoms with van der Waals surface area (Å²) in [6.07, 6.45) is 2.11. The number of aromatic amines is 1. The number of rotatable bonds is 10. The average Bonchev–Trinajstić information content (AvgIpc) is 3.37. The maximum Gasteiger partial charge on any atom is 0.328 e. The molecule has 3 rings (SSSR count). The van der Waals surface area contributed by atoms with Gasteiger partial charge in [0.2, 0.25) is 11.7 Å². The van der Waals surface area contributed by atoms with Crippen LogP contribution in [-0.2, 0) is 20.9 Å². The van der Waals surface area contributed by atoms with Gasteiger partial charge in [0, 0.05) is 18.5 Å². The molecule has 2 aromatic carbocycles. The molecule has 3 aromatic rings. The zero-order chi connectivity index (χ0) is 23.8. The first-order valence-corrected chi connectivity index (χ1v) is 11.3. The van der Waals surface area contributed by atoms with Crippen molar-refractivity contribution in [1.82, 2.24) is 25.5 Å². The van der Waals surface area contributed by atoms with E-state index >= 15 is 0 Å². The Morgan fingerprint density at radius 1 is 1.06 bits per heavy atom. The third kappa shape index (κ3) is 5.83. The van der Waals surface area contributed by atoms with Gasteiger partial charge in [-0.2, -0.15) is 5.21 Å². The van der Waals surface area contributed by atoms with Gasteiger partial charge < -0.3 is 9.64 Å². The van der Waals surface area contributed by atoms with E-state index in [4.69, 9.17) is 4.74 Å². The second kappa shape index (κ2) is 11.4. The summed E-state index contributed by atoms with van der Waals surface area (Å²) in [7, 11) is 1.36. The molecule has 1 N–H and O–H groups in total. The number of amides is 1. The van der Waals surface area contributed by atoms with E-state index in [-0.39, 0.29) is 17.8 Å². The molecule has 0 aliphatic carbocycles. The third-order valence-electron chi connectivity index (χ3n) is 5.61. The molecule has 8 nitrogen and oxygen atoms in total. The number of tetrazole rings is 1. The van der Waals surface area contributed by atoms with Crippen molar-refractivity contribution in [3.05, 3.63) is 54.1 Å². The molecule has 0 fully saturated rings. The van der Waals surface area contributed by atoms with E-state index < -0.39 is 6.04 Å². The van der Waals surface area contributed by atoms with Crippen LogP contribution in [0.4, 0.5) is 0 Å². The Morgan fingerprint density at radius 2 is 1.76 bits per heavy atom. The van der Waals surface area contributed by atoms with Crippen LogP contribution in [0.3, 0.4) is 0 Å². The van der Waals surface area contributed by atoms with E-state index in [9.17, 15) is 9.59 Å². The molecular weight excluding hydrogens is 418 g/mol. The van der Waals surface area contributed by atoms with Gasteiger partial charge in [-0.15, -0.1) is 10.2 Å². The van der Waals surface area contributed by atoms with Crippen LogP contribution in [0.15, 0.2) is 48.5 Å². The first-order valence-electron chi connectivity index (χ1n) is 11.3. The van der Waals surface area contributed by atoms with Gasteiger partial charge in [-0.05, 0) is 34.2 Å². The van der Waals surface area contributed by atoms with Gasteiger partial charge in [0.25, 0.3) is 0 Å². The number of H-pyrrole nitrogens is 1. The molecule has 1 atom stereocenters. The molecule has 0 spiro atoms. The Balaban J connectivity index is 1.88. The number of aromatic nitrogens is 4. The Labute approximate surface area is 194 Å². The number of hydrogen-bond donors (Lipinski definition) is 1. The van der Waals surface area contributed by atoms with E-state index in [1.807, 2.05) is 69.3 Å². The summed E-state index contributed by atoms with van der Waals surface area (Å²) in [6, 6.07) is 15.2. The van der Waals surface area contributed by atoms with Crippen LogP contribution in [0.25, 0.3) is 22.5 Å². The fourth-order valence-corrected chi connectivity index (χ4v) is 3.89. The summed E-state index contributed by atoms with van der Waals surface area (Å²) >= 11 is 0. The van der Waals surface area contributed by atoms with Crippen molar-refractivity contribution >= 4 is 11.9 Å². The molecule has 33 heavy (non-hydrogen) atoms. The van der Waals surface area contributed by atoms with Gasteiger partial charge in [0.15, 0.2) is 0 Å². The first kappa shape index (κ1) is 24.1. The van der Waals surface area contributed by atoms with Gasteiger partial charge >= 0.3 is 5.97 Å². The standard InChI is InChI=1S/C25H31N5O3/c1-5-6-11-22(31)30(23(17(2)3)25(32)33-4)16-18-12-14-19(15-13-18)20-9-7-8-10-21(20)24-26-28-29-27-24/h7-10,12-15,17,23H,5-6,11,16H2,1-4H3,(H,26,27,28,29)/t23-/m1/s1. The minimum absolute atomic E-state index is 0.0347. The molecule has 0 bridgehead atoms. The van der Waals surface area contributed by atoms with Crippen molar-refractivity contribution in [3.8, 4) is 22.5 Å². The van der Waals surface area contributed by atoms with Gasteiger partial charge in [-0.25, -0.2) is 4.79 Å². The van der Waals surface area contributed by atoms with Crippen LogP contribution >= 0.6 is 0 Å². The fourth-order valence-electron chi connectivity index (χ4n) is 3.89. The summed E-state index contributed by atoms with van der Waals surface area (Å²) in [4.78, 5) is 27.2. The highest BCUT2D eigenvalue weighted by Gasteiger charge is 2.33. The molecule has 1 aromatic heterocycles. The maximum absolute atomic E-state index is 13.0. The molecule has 8 heteroatoms. The predicted octanol–water partition coefficient (Wildman–Crippen LogP) is 4.25. The normalized spacial score (nSPS) is 11.9. The molecule has 0 aliphatic heterocycles. The van der Waals surface area contributed by atoms with Crippen molar-refractivity contribution in [1.29, 1.82) is 0 Å². The van der Waals surface area contributed by atoms with E-state index in [0.717, 1.165) is 35.1 Å². The number of carbonyl (C=O) groups is 2. The lowest BCUT2D eigenvalue weighted by Crippen LogP contribution is -2.48. The summed E-state index contributed by atoms with van der Waals surface area (Å²) in [6.45, 7) is 6.25. The number of ether oxygens (including phenoxy) is 1. The Hall–Kier alpha value is -3.55. The Morgan fingerprint density at radius 3 is 2.33 bits per heavy atom. The smallest absolute Gasteiger partial charge is 0.328 e. The van der Waals surface area contributed by atoms with Gasteiger partial charge in [0.05, 0.1) is 7.11 Å². The Bertz CT molecular complexity index is 1050. The minimum atomic E-state index is -0.627. The van der Waals surface area contributed by atoms with Crippen LogP contribution in [0, 0.1) is 5.92 Å². The fraction of sp³-hybridized carbons (Fsp3) is 0.400. The second-order valence-electron chi connectivity index (χ2n) is 8.32. The molecule has 0 unspecified atom stereocenters.